The molecule has 0 atom stereocenters. The summed E-state index contributed by atoms with van der Waals surface area (Å²) in [5.74, 6) is 0.369. The minimum absolute atomic E-state index is 0.0256. The largest absolute Gasteiger partial charge is 0.497 e. The summed E-state index contributed by atoms with van der Waals surface area (Å²) in [6.45, 7) is 3.49. The van der Waals surface area contributed by atoms with Gasteiger partial charge in [0, 0.05) is 18.2 Å². The molecule has 1 fully saturated rings. The van der Waals surface area contributed by atoms with E-state index in [1.807, 2.05) is 19.9 Å². The Hall–Kier alpha value is -3.06. The molecule has 0 unspecified atom stereocenters. The van der Waals surface area contributed by atoms with E-state index in [0.717, 1.165) is 18.4 Å². The number of nitrogens with zero attached hydrogens (tertiary/aromatic N) is 1. The van der Waals surface area contributed by atoms with Crippen LogP contribution in [0.3, 0.4) is 0 Å². The van der Waals surface area contributed by atoms with Crippen LogP contribution < -0.4 is 20.2 Å². The molecule has 1 heterocycles. The molecule has 6 nitrogen and oxygen atoms in total. The molecule has 0 bridgehead atoms. The monoisotopic (exact) mass is 412 g/mol. The van der Waals surface area contributed by atoms with Gasteiger partial charge in [0.15, 0.2) is 5.75 Å². The van der Waals surface area contributed by atoms with Gasteiger partial charge in [-0.2, -0.15) is 0 Å². The van der Waals surface area contributed by atoms with Crippen LogP contribution in [0.4, 0.5) is 15.8 Å². The molecule has 2 aromatic carbocycles. The number of hydrogen-bond acceptors (Lipinski definition) is 5. The number of halogens is 1. The van der Waals surface area contributed by atoms with Crippen molar-refractivity contribution < 1.29 is 19.0 Å². The van der Waals surface area contributed by atoms with Crippen molar-refractivity contribution in [2.75, 3.05) is 25.6 Å². The molecular formula is C23H25FN2O4. The van der Waals surface area contributed by atoms with Crippen LogP contribution in [0.15, 0.2) is 35.1 Å². The third-order valence-corrected chi connectivity index (χ3v) is 5.35. The fraction of sp³-hybridized carbons (Fsp3) is 0.348. The molecule has 0 spiro atoms. The van der Waals surface area contributed by atoms with E-state index in [1.54, 1.807) is 25.3 Å². The van der Waals surface area contributed by atoms with Crippen LogP contribution in [-0.4, -0.2) is 30.0 Å². The van der Waals surface area contributed by atoms with Gasteiger partial charge >= 0.3 is 0 Å². The summed E-state index contributed by atoms with van der Waals surface area (Å²) in [5.41, 5.74) is 2.65. The van der Waals surface area contributed by atoms with Crippen molar-refractivity contribution >= 4 is 22.3 Å². The summed E-state index contributed by atoms with van der Waals surface area (Å²) in [6, 6.07) is 8.66. The van der Waals surface area contributed by atoms with E-state index in [9.17, 15) is 14.3 Å². The molecule has 1 saturated carbocycles. The van der Waals surface area contributed by atoms with Crippen molar-refractivity contribution in [1.82, 2.24) is 4.57 Å². The third-order valence-electron chi connectivity index (χ3n) is 5.35. The topological polar surface area (TPSA) is 72.7 Å². The van der Waals surface area contributed by atoms with E-state index >= 15 is 0 Å². The molecule has 2 N–H and O–H groups in total. The summed E-state index contributed by atoms with van der Waals surface area (Å²) in [7, 11) is 1.56. The number of pyridine rings is 1. The van der Waals surface area contributed by atoms with Gasteiger partial charge in [-0.25, -0.2) is 4.39 Å². The van der Waals surface area contributed by atoms with Crippen molar-refractivity contribution in [1.29, 1.82) is 0 Å². The molecule has 0 saturated heterocycles. The summed E-state index contributed by atoms with van der Waals surface area (Å²) in [6.07, 6.45) is 2.01. The number of aliphatic hydroxyl groups excluding tert-OH is 1. The van der Waals surface area contributed by atoms with Crippen LogP contribution >= 0.6 is 0 Å². The Labute approximate surface area is 173 Å². The lowest BCUT2D eigenvalue weighted by Gasteiger charge is -2.21. The highest BCUT2D eigenvalue weighted by atomic mass is 19.1. The van der Waals surface area contributed by atoms with Crippen LogP contribution in [0.1, 0.15) is 30.1 Å². The van der Waals surface area contributed by atoms with E-state index in [0.29, 0.717) is 28.0 Å². The highest BCUT2D eigenvalue weighted by Crippen LogP contribution is 2.42. The van der Waals surface area contributed by atoms with Crippen LogP contribution in [0, 0.1) is 19.7 Å². The lowest BCUT2D eigenvalue weighted by Crippen LogP contribution is -2.19. The minimum atomic E-state index is -0.405. The number of hydrogen-bond donors (Lipinski definition) is 2. The fourth-order valence-corrected chi connectivity index (χ4v) is 3.80. The van der Waals surface area contributed by atoms with Gasteiger partial charge in [0.05, 0.1) is 41.7 Å². The Morgan fingerprint density at radius 1 is 1.20 bits per heavy atom. The molecule has 0 amide bonds. The smallest absolute Gasteiger partial charge is 0.233 e. The van der Waals surface area contributed by atoms with Gasteiger partial charge in [-0.1, -0.05) is 6.07 Å². The Bertz CT molecular complexity index is 1170. The second-order valence-corrected chi connectivity index (χ2v) is 7.59. The summed E-state index contributed by atoms with van der Waals surface area (Å²) >= 11 is 0. The van der Waals surface area contributed by atoms with Crippen molar-refractivity contribution in [3.63, 3.8) is 0 Å². The van der Waals surface area contributed by atoms with Crippen molar-refractivity contribution in [3.05, 3.63) is 57.6 Å². The van der Waals surface area contributed by atoms with E-state index in [-0.39, 0.29) is 36.1 Å². The maximum atomic E-state index is 14.5. The first kappa shape index (κ1) is 20.2. The number of rotatable bonds is 7. The summed E-state index contributed by atoms with van der Waals surface area (Å²) < 4.78 is 27.7. The van der Waals surface area contributed by atoms with Crippen LogP contribution in [0.2, 0.25) is 0 Å². The molecular weight excluding hydrogens is 387 g/mol. The van der Waals surface area contributed by atoms with E-state index in [2.05, 4.69) is 9.88 Å². The van der Waals surface area contributed by atoms with E-state index in [1.165, 1.54) is 6.07 Å². The van der Waals surface area contributed by atoms with Gasteiger partial charge in [0.25, 0.3) is 0 Å². The number of aromatic nitrogens is 1. The van der Waals surface area contributed by atoms with Gasteiger partial charge < -0.3 is 24.5 Å². The van der Waals surface area contributed by atoms with Crippen LogP contribution in [0.25, 0.3) is 10.9 Å². The molecule has 1 aromatic heterocycles. The molecule has 1 aliphatic rings. The number of nitrogens with one attached hydrogen (secondary N) is 1. The molecule has 0 aliphatic heterocycles. The maximum Gasteiger partial charge on any atom is 0.233 e. The molecule has 158 valence electrons. The SMILES string of the molecule is COc1cc(Nc2ccc(C)cc2F)c2c(=O)c(OCCO)c(C)n(C3CC3)c2c1. The first-order chi connectivity index (χ1) is 14.4. The third kappa shape index (κ3) is 3.61. The molecule has 3 aromatic rings. The van der Waals surface area contributed by atoms with Gasteiger partial charge in [-0.05, 0) is 44.4 Å². The predicted octanol–water partition coefficient (Wildman–Crippen LogP) is 4.22. The van der Waals surface area contributed by atoms with Gasteiger partial charge in [0.2, 0.25) is 5.43 Å². The second-order valence-electron chi connectivity index (χ2n) is 7.59. The second kappa shape index (κ2) is 7.99. The summed E-state index contributed by atoms with van der Waals surface area (Å²) in [5, 5.41) is 12.7. The minimum Gasteiger partial charge on any atom is -0.497 e. The van der Waals surface area contributed by atoms with Crippen molar-refractivity contribution in [2.24, 2.45) is 0 Å². The van der Waals surface area contributed by atoms with Crippen molar-refractivity contribution in [3.8, 4) is 11.5 Å². The zero-order chi connectivity index (χ0) is 21.4. The number of fused-ring (bicyclic) bond motifs is 1. The van der Waals surface area contributed by atoms with E-state index in [4.69, 9.17) is 9.47 Å². The first-order valence-electron chi connectivity index (χ1n) is 9.98. The van der Waals surface area contributed by atoms with Gasteiger partial charge in [-0.15, -0.1) is 0 Å². The summed E-state index contributed by atoms with van der Waals surface area (Å²) in [4.78, 5) is 13.4. The lowest BCUT2D eigenvalue weighted by molar-refractivity contribution is 0.198. The molecule has 30 heavy (non-hydrogen) atoms. The number of benzene rings is 2. The van der Waals surface area contributed by atoms with Crippen molar-refractivity contribution in [2.45, 2.75) is 32.7 Å². The fourth-order valence-electron chi connectivity index (χ4n) is 3.80. The normalized spacial score (nSPS) is 13.5. The van der Waals surface area contributed by atoms with Gasteiger partial charge in [-0.3, -0.25) is 4.79 Å². The number of ether oxygens (including phenoxy) is 2. The quantitative estimate of drug-likeness (QED) is 0.608. The standard InChI is InChI=1S/C23H25FN2O4/c1-13-4-7-18(17(24)10-13)25-19-11-16(29-3)12-20-21(19)22(28)23(30-9-8-27)14(2)26(20)15-5-6-15/h4,7,10-12,15,25,27H,5-6,8-9H2,1-3H3. The van der Waals surface area contributed by atoms with Crippen LogP contribution in [-0.2, 0) is 0 Å². The Morgan fingerprint density at radius 2 is 1.97 bits per heavy atom. The first-order valence-corrected chi connectivity index (χ1v) is 9.98. The lowest BCUT2D eigenvalue weighted by atomic mass is 10.1. The molecule has 7 heteroatoms. The number of anilines is 2. The predicted molar refractivity (Wildman–Crippen MR) is 115 cm³/mol. The average molecular weight is 412 g/mol. The maximum absolute atomic E-state index is 14.5. The highest BCUT2D eigenvalue weighted by Gasteiger charge is 2.29. The van der Waals surface area contributed by atoms with Crippen LogP contribution in [0.5, 0.6) is 11.5 Å². The highest BCUT2D eigenvalue weighted by molar-refractivity contribution is 5.96. The Balaban J connectivity index is 1.99. The van der Waals surface area contributed by atoms with Gasteiger partial charge in [0.1, 0.15) is 18.2 Å². The molecule has 0 radical (unpaired) electrons. The number of methoxy groups -OCH3 is 1. The zero-order valence-electron chi connectivity index (χ0n) is 17.3. The number of aryl methyl sites for hydroxylation is 1. The average Bonchev–Trinajstić information content (AvgIpc) is 3.54. The molecule has 1 aliphatic carbocycles. The van der Waals surface area contributed by atoms with E-state index < -0.39 is 5.82 Å². The molecule has 4 rings (SSSR count). The Kier molecular flexibility index (Phi) is 5.39. The number of aliphatic hydroxyl groups is 1. The Morgan fingerprint density at radius 3 is 2.60 bits per heavy atom. The zero-order valence-corrected chi connectivity index (χ0v) is 17.3.